The summed E-state index contributed by atoms with van der Waals surface area (Å²) in [5, 5.41) is 13.9. The van der Waals surface area contributed by atoms with Gasteiger partial charge in [-0.2, -0.15) is 5.10 Å². The Morgan fingerprint density at radius 2 is 1.92 bits per heavy atom. The number of phenols is 1. The SMILES string of the molecule is CC(Cc1ccc(O)cc1)N(C)C(=O)c1ccn(C2CCCCC2)n1. The van der Waals surface area contributed by atoms with E-state index in [0.29, 0.717) is 11.7 Å². The number of aromatic nitrogens is 2. The highest BCUT2D eigenvalue weighted by Gasteiger charge is 2.22. The van der Waals surface area contributed by atoms with Crippen molar-refractivity contribution in [2.75, 3.05) is 7.05 Å². The Balaban J connectivity index is 1.63. The van der Waals surface area contributed by atoms with E-state index in [1.807, 2.05) is 43.0 Å². The number of rotatable bonds is 5. The van der Waals surface area contributed by atoms with Crippen molar-refractivity contribution in [1.82, 2.24) is 14.7 Å². The van der Waals surface area contributed by atoms with E-state index in [2.05, 4.69) is 5.10 Å². The fourth-order valence-corrected chi connectivity index (χ4v) is 3.49. The fourth-order valence-electron chi connectivity index (χ4n) is 3.49. The molecule has 1 saturated carbocycles. The van der Waals surface area contributed by atoms with Crippen LogP contribution >= 0.6 is 0 Å². The van der Waals surface area contributed by atoms with Gasteiger partial charge in [-0.1, -0.05) is 31.4 Å². The van der Waals surface area contributed by atoms with Crippen LogP contribution in [0.2, 0.25) is 0 Å². The van der Waals surface area contributed by atoms with Gasteiger partial charge < -0.3 is 10.0 Å². The van der Waals surface area contributed by atoms with Crippen molar-refractivity contribution >= 4 is 5.91 Å². The molecule has 1 N–H and O–H groups in total. The topological polar surface area (TPSA) is 58.4 Å². The first kappa shape index (κ1) is 17.5. The number of carbonyl (C=O) groups is 1. The fraction of sp³-hybridized carbons (Fsp3) is 0.500. The second-order valence-electron chi connectivity index (χ2n) is 7.11. The molecule has 1 amide bonds. The maximum Gasteiger partial charge on any atom is 0.274 e. The van der Waals surface area contributed by atoms with Crippen molar-refractivity contribution in [2.24, 2.45) is 0 Å². The molecule has 1 aliphatic carbocycles. The average molecular weight is 341 g/mol. The van der Waals surface area contributed by atoms with E-state index < -0.39 is 0 Å². The smallest absolute Gasteiger partial charge is 0.274 e. The Hall–Kier alpha value is -2.30. The zero-order chi connectivity index (χ0) is 17.8. The van der Waals surface area contributed by atoms with E-state index in [9.17, 15) is 9.90 Å². The summed E-state index contributed by atoms with van der Waals surface area (Å²) in [5.74, 6) is 0.218. The highest BCUT2D eigenvalue weighted by molar-refractivity contribution is 5.92. The third kappa shape index (κ3) is 4.21. The Labute approximate surface area is 149 Å². The van der Waals surface area contributed by atoms with Crippen LogP contribution in [-0.4, -0.2) is 38.8 Å². The second-order valence-corrected chi connectivity index (χ2v) is 7.11. The summed E-state index contributed by atoms with van der Waals surface area (Å²) in [5.41, 5.74) is 1.61. The monoisotopic (exact) mass is 341 g/mol. The van der Waals surface area contributed by atoms with Gasteiger partial charge in [0.15, 0.2) is 0 Å². The molecule has 1 aromatic carbocycles. The maximum absolute atomic E-state index is 12.7. The van der Waals surface area contributed by atoms with Gasteiger partial charge >= 0.3 is 0 Å². The Morgan fingerprint density at radius 1 is 1.24 bits per heavy atom. The van der Waals surface area contributed by atoms with Gasteiger partial charge in [-0.3, -0.25) is 9.48 Å². The molecule has 3 rings (SSSR count). The van der Waals surface area contributed by atoms with E-state index in [-0.39, 0.29) is 17.7 Å². The maximum atomic E-state index is 12.7. The molecule has 1 atom stereocenters. The van der Waals surface area contributed by atoms with Crippen LogP contribution < -0.4 is 0 Å². The minimum atomic E-state index is -0.0409. The molecule has 1 heterocycles. The van der Waals surface area contributed by atoms with Crippen LogP contribution in [0.25, 0.3) is 0 Å². The van der Waals surface area contributed by atoms with E-state index in [4.69, 9.17) is 0 Å². The normalized spacial score (nSPS) is 16.6. The van der Waals surface area contributed by atoms with Crippen LogP contribution in [0.3, 0.4) is 0 Å². The first-order chi connectivity index (χ1) is 12.0. The number of phenolic OH excluding ortho intramolecular Hbond substituents is 1. The van der Waals surface area contributed by atoms with Gasteiger partial charge in [0, 0.05) is 19.3 Å². The van der Waals surface area contributed by atoms with Crippen molar-refractivity contribution in [3.63, 3.8) is 0 Å². The van der Waals surface area contributed by atoms with Crippen molar-refractivity contribution in [1.29, 1.82) is 0 Å². The molecule has 0 aliphatic heterocycles. The summed E-state index contributed by atoms with van der Waals surface area (Å²) in [4.78, 5) is 14.5. The third-order valence-corrected chi connectivity index (χ3v) is 5.23. The van der Waals surface area contributed by atoms with Crippen molar-refractivity contribution in [2.45, 2.75) is 57.5 Å². The lowest BCUT2D eigenvalue weighted by Gasteiger charge is -2.25. The largest absolute Gasteiger partial charge is 0.508 e. The van der Waals surface area contributed by atoms with Crippen molar-refractivity contribution in [3.05, 3.63) is 47.8 Å². The molecule has 1 fully saturated rings. The van der Waals surface area contributed by atoms with Gasteiger partial charge in [0.1, 0.15) is 11.4 Å². The molecular weight excluding hydrogens is 314 g/mol. The predicted octanol–water partition coefficient (Wildman–Crippen LogP) is 3.80. The minimum absolute atomic E-state index is 0.0409. The average Bonchev–Trinajstić information content (AvgIpc) is 3.13. The molecule has 1 unspecified atom stereocenters. The molecule has 5 nitrogen and oxygen atoms in total. The molecule has 0 bridgehead atoms. The molecule has 0 saturated heterocycles. The quantitative estimate of drug-likeness (QED) is 0.900. The first-order valence-corrected chi connectivity index (χ1v) is 9.15. The third-order valence-electron chi connectivity index (χ3n) is 5.23. The predicted molar refractivity (Wildman–Crippen MR) is 97.7 cm³/mol. The zero-order valence-electron chi connectivity index (χ0n) is 15.1. The lowest BCUT2D eigenvalue weighted by Crippen LogP contribution is -2.36. The second kappa shape index (κ2) is 7.72. The number of aromatic hydroxyl groups is 1. The standard InChI is InChI=1S/C20H27N3O2/c1-15(14-16-8-10-18(24)11-9-16)22(2)20(25)19-12-13-23(21-19)17-6-4-3-5-7-17/h8-13,15,17,24H,3-7,14H2,1-2H3. The molecular formula is C20H27N3O2. The molecule has 1 aromatic heterocycles. The van der Waals surface area contributed by atoms with Crippen LogP contribution in [0, 0.1) is 0 Å². The molecule has 1 aliphatic rings. The summed E-state index contributed by atoms with van der Waals surface area (Å²) in [6.07, 6.45) is 8.80. The van der Waals surface area contributed by atoms with Gasteiger partial charge in [0.25, 0.3) is 5.91 Å². The van der Waals surface area contributed by atoms with Crippen molar-refractivity contribution < 1.29 is 9.90 Å². The van der Waals surface area contributed by atoms with Crippen LogP contribution in [0.15, 0.2) is 36.5 Å². The summed E-state index contributed by atoms with van der Waals surface area (Å²) in [6.45, 7) is 2.03. The summed E-state index contributed by atoms with van der Waals surface area (Å²) < 4.78 is 1.98. The number of nitrogens with zero attached hydrogens (tertiary/aromatic N) is 3. The summed E-state index contributed by atoms with van der Waals surface area (Å²) in [7, 11) is 1.83. The highest BCUT2D eigenvalue weighted by atomic mass is 16.3. The van der Waals surface area contributed by atoms with Crippen LogP contribution in [0.5, 0.6) is 5.75 Å². The Kier molecular flexibility index (Phi) is 5.41. The molecule has 5 heteroatoms. The van der Waals surface area contributed by atoms with Crippen LogP contribution in [0.4, 0.5) is 0 Å². The zero-order valence-corrected chi connectivity index (χ0v) is 15.1. The number of hydrogen-bond donors (Lipinski definition) is 1. The molecule has 25 heavy (non-hydrogen) atoms. The Morgan fingerprint density at radius 3 is 2.60 bits per heavy atom. The van der Waals surface area contributed by atoms with Gasteiger partial charge in [-0.15, -0.1) is 0 Å². The number of hydrogen-bond acceptors (Lipinski definition) is 3. The van der Waals surface area contributed by atoms with E-state index in [1.54, 1.807) is 17.0 Å². The van der Waals surface area contributed by atoms with Crippen LogP contribution in [-0.2, 0) is 6.42 Å². The Bertz CT molecular complexity index is 702. The van der Waals surface area contributed by atoms with Crippen molar-refractivity contribution in [3.8, 4) is 5.75 Å². The highest BCUT2D eigenvalue weighted by Crippen LogP contribution is 2.27. The summed E-state index contributed by atoms with van der Waals surface area (Å²) >= 11 is 0. The van der Waals surface area contributed by atoms with Gasteiger partial charge in [0.2, 0.25) is 0 Å². The lowest BCUT2D eigenvalue weighted by molar-refractivity contribution is 0.0736. The lowest BCUT2D eigenvalue weighted by atomic mass is 9.96. The summed E-state index contributed by atoms with van der Waals surface area (Å²) in [6, 6.07) is 9.46. The number of likely N-dealkylation sites (N-methyl/N-ethyl adjacent to an activating group) is 1. The molecule has 2 aromatic rings. The number of carbonyl (C=O) groups excluding carboxylic acids is 1. The number of benzene rings is 1. The van der Waals surface area contributed by atoms with Crippen LogP contribution in [0.1, 0.15) is 61.1 Å². The molecule has 134 valence electrons. The molecule has 0 spiro atoms. The van der Waals surface area contributed by atoms with Gasteiger partial charge in [-0.25, -0.2) is 0 Å². The minimum Gasteiger partial charge on any atom is -0.508 e. The van der Waals surface area contributed by atoms with E-state index in [1.165, 1.54) is 19.3 Å². The molecule has 0 radical (unpaired) electrons. The first-order valence-electron chi connectivity index (χ1n) is 9.15. The van der Waals surface area contributed by atoms with E-state index in [0.717, 1.165) is 24.8 Å². The van der Waals surface area contributed by atoms with E-state index >= 15 is 0 Å². The van der Waals surface area contributed by atoms with Gasteiger partial charge in [-0.05, 0) is 49.9 Å². The number of amides is 1. The van der Waals surface area contributed by atoms with Gasteiger partial charge in [0.05, 0.1) is 6.04 Å².